The highest BCUT2D eigenvalue weighted by Crippen LogP contribution is 2.51. The number of rotatable bonds is 4. The maximum atomic E-state index is 13.5. The van der Waals surface area contributed by atoms with Crippen molar-refractivity contribution in [2.75, 3.05) is 20.8 Å². The Hall–Kier alpha value is -2.60. The molecule has 2 aromatic carbocycles. The van der Waals surface area contributed by atoms with Crippen molar-refractivity contribution in [3.8, 4) is 11.5 Å². The molecule has 0 radical (unpaired) electrons. The van der Waals surface area contributed by atoms with Crippen LogP contribution in [0.3, 0.4) is 0 Å². The van der Waals surface area contributed by atoms with E-state index in [9.17, 15) is 14.3 Å². The molecule has 1 saturated heterocycles. The van der Waals surface area contributed by atoms with E-state index in [-0.39, 0.29) is 23.7 Å². The van der Waals surface area contributed by atoms with Gasteiger partial charge in [-0.3, -0.25) is 4.79 Å². The van der Waals surface area contributed by atoms with Crippen molar-refractivity contribution in [2.24, 2.45) is 5.92 Å². The third kappa shape index (κ3) is 3.65. The lowest BCUT2D eigenvalue weighted by atomic mass is 9.66. The molecule has 4 rings (SSSR count). The summed E-state index contributed by atoms with van der Waals surface area (Å²) in [5, 5.41) is 11.4. The third-order valence-electron chi connectivity index (χ3n) is 6.68. The molecule has 3 atom stereocenters. The number of amides is 1. The molecule has 1 aliphatic carbocycles. The van der Waals surface area contributed by atoms with Crippen LogP contribution in [-0.4, -0.2) is 42.3 Å². The Morgan fingerprint density at radius 2 is 1.87 bits per heavy atom. The summed E-state index contributed by atoms with van der Waals surface area (Å²) in [6.45, 7) is 0.434. The molecule has 1 amide bonds. The summed E-state index contributed by atoms with van der Waals surface area (Å²) in [7, 11) is 3.19. The van der Waals surface area contributed by atoms with Crippen molar-refractivity contribution in [1.29, 1.82) is 0 Å². The van der Waals surface area contributed by atoms with Crippen LogP contribution in [0.25, 0.3) is 0 Å². The van der Waals surface area contributed by atoms with Gasteiger partial charge in [0.1, 0.15) is 17.3 Å². The standard InChI is InChI=1S/C24H28FNO4/c1-29-18-10-11-19(21(15-18)30-2)22-20-5-3-4-12-24(20,28)13-14-26(22)23(27)16-6-8-17(25)9-7-16/h6-11,15,20,22,28H,3-5,12-14H2,1-2H3/t20-,22+,24+/m0/s1. The lowest BCUT2D eigenvalue weighted by Gasteiger charge is -2.52. The molecular weight excluding hydrogens is 385 g/mol. The zero-order chi connectivity index (χ0) is 21.3. The van der Waals surface area contributed by atoms with Gasteiger partial charge < -0.3 is 19.5 Å². The topological polar surface area (TPSA) is 59.0 Å². The molecule has 1 heterocycles. The number of ether oxygens (including phenoxy) is 2. The SMILES string of the molecule is COc1ccc([C@@H]2[C@@H]3CCCC[C@@]3(O)CCN2C(=O)c2ccc(F)cc2)c(OC)c1. The predicted molar refractivity (Wildman–Crippen MR) is 111 cm³/mol. The highest BCUT2D eigenvalue weighted by atomic mass is 19.1. The lowest BCUT2D eigenvalue weighted by molar-refractivity contribution is -0.115. The molecule has 1 N–H and O–H groups in total. The molecule has 0 unspecified atom stereocenters. The third-order valence-corrected chi connectivity index (χ3v) is 6.68. The zero-order valence-electron chi connectivity index (χ0n) is 17.4. The normalized spacial score (nSPS) is 26.1. The predicted octanol–water partition coefficient (Wildman–Crippen LogP) is 4.35. The maximum absolute atomic E-state index is 13.5. The summed E-state index contributed by atoms with van der Waals surface area (Å²) in [5.74, 6) is 0.671. The molecule has 1 saturated carbocycles. The summed E-state index contributed by atoms with van der Waals surface area (Å²) in [5.41, 5.74) is 0.502. The molecule has 6 heteroatoms. The van der Waals surface area contributed by atoms with Gasteiger partial charge in [0.2, 0.25) is 0 Å². The summed E-state index contributed by atoms with van der Waals surface area (Å²) in [6, 6.07) is 10.9. The van der Waals surface area contributed by atoms with E-state index in [0.717, 1.165) is 31.2 Å². The summed E-state index contributed by atoms with van der Waals surface area (Å²) in [6.07, 6.45) is 4.13. The molecule has 1 aliphatic heterocycles. The monoisotopic (exact) mass is 413 g/mol. The zero-order valence-corrected chi connectivity index (χ0v) is 17.4. The Kier molecular flexibility index (Phi) is 5.69. The molecule has 2 aromatic rings. The number of likely N-dealkylation sites (tertiary alicyclic amines) is 1. The average Bonchev–Trinajstić information content (AvgIpc) is 2.77. The van der Waals surface area contributed by atoms with E-state index >= 15 is 0 Å². The Morgan fingerprint density at radius 3 is 2.57 bits per heavy atom. The number of hydrogen-bond donors (Lipinski definition) is 1. The smallest absolute Gasteiger partial charge is 0.254 e. The second-order valence-electron chi connectivity index (χ2n) is 8.26. The van der Waals surface area contributed by atoms with Crippen LogP contribution in [0.2, 0.25) is 0 Å². The van der Waals surface area contributed by atoms with Crippen LogP contribution in [0.4, 0.5) is 4.39 Å². The van der Waals surface area contributed by atoms with Gasteiger partial charge in [0, 0.05) is 29.7 Å². The van der Waals surface area contributed by atoms with Crippen LogP contribution in [0.1, 0.15) is 54.1 Å². The number of carbonyl (C=O) groups excluding carboxylic acids is 1. The molecule has 2 aliphatic rings. The van der Waals surface area contributed by atoms with Crippen LogP contribution in [0.15, 0.2) is 42.5 Å². The number of benzene rings is 2. The largest absolute Gasteiger partial charge is 0.497 e. The molecular formula is C24H28FNO4. The molecule has 30 heavy (non-hydrogen) atoms. The minimum absolute atomic E-state index is 0.0910. The van der Waals surface area contributed by atoms with Gasteiger partial charge in [-0.05, 0) is 55.7 Å². The van der Waals surface area contributed by atoms with E-state index in [1.165, 1.54) is 24.3 Å². The van der Waals surface area contributed by atoms with Gasteiger partial charge in [-0.2, -0.15) is 0 Å². The average molecular weight is 413 g/mol. The highest BCUT2D eigenvalue weighted by Gasteiger charge is 2.50. The first-order valence-electron chi connectivity index (χ1n) is 10.5. The first-order valence-corrected chi connectivity index (χ1v) is 10.5. The Bertz CT molecular complexity index is 916. The minimum atomic E-state index is -0.798. The van der Waals surface area contributed by atoms with E-state index < -0.39 is 5.60 Å². The van der Waals surface area contributed by atoms with Crippen LogP contribution >= 0.6 is 0 Å². The molecule has 0 bridgehead atoms. The van der Waals surface area contributed by atoms with Crippen LogP contribution in [0.5, 0.6) is 11.5 Å². The van der Waals surface area contributed by atoms with Crippen molar-refractivity contribution >= 4 is 5.91 Å². The molecule has 2 fully saturated rings. The van der Waals surface area contributed by atoms with Crippen LogP contribution in [0, 0.1) is 11.7 Å². The first-order chi connectivity index (χ1) is 14.5. The van der Waals surface area contributed by atoms with Gasteiger partial charge in [-0.15, -0.1) is 0 Å². The number of nitrogens with zero attached hydrogens (tertiary/aromatic N) is 1. The van der Waals surface area contributed by atoms with E-state index in [0.29, 0.717) is 30.0 Å². The van der Waals surface area contributed by atoms with Gasteiger partial charge in [0.25, 0.3) is 5.91 Å². The lowest BCUT2D eigenvalue weighted by Crippen LogP contribution is -2.56. The minimum Gasteiger partial charge on any atom is -0.497 e. The number of hydrogen-bond acceptors (Lipinski definition) is 4. The number of aliphatic hydroxyl groups is 1. The van der Waals surface area contributed by atoms with E-state index in [4.69, 9.17) is 9.47 Å². The van der Waals surface area contributed by atoms with Gasteiger partial charge in [-0.1, -0.05) is 12.8 Å². The second-order valence-corrected chi connectivity index (χ2v) is 8.26. The van der Waals surface area contributed by atoms with Crippen molar-refractivity contribution < 1.29 is 23.8 Å². The van der Waals surface area contributed by atoms with Crippen molar-refractivity contribution in [2.45, 2.75) is 43.7 Å². The first kappa shape index (κ1) is 20.7. The van der Waals surface area contributed by atoms with Gasteiger partial charge in [0.05, 0.1) is 25.9 Å². The maximum Gasteiger partial charge on any atom is 0.254 e. The van der Waals surface area contributed by atoms with Gasteiger partial charge in [-0.25, -0.2) is 4.39 Å². The van der Waals surface area contributed by atoms with Crippen molar-refractivity contribution in [1.82, 2.24) is 4.90 Å². The fourth-order valence-corrected chi connectivity index (χ4v) is 5.12. The Morgan fingerprint density at radius 1 is 1.10 bits per heavy atom. The molecule has 0 spiro atoms. The number of carbonyl (C=O) groups is 1. The molecule has 160 valence electrons. The number of methoxy groups -OCH3 is 2. The number of piperidine rings is 1. The van der Waals surface area contributed by atoms with E-state index in [2.05, 4.69) is 0 Å². The number of fused-ring (bicyclic) bond motifs is 1. The van der Waals surface area contributed by atoms with E-state index in [1.54, 1.807) is 14.2 Å². The fourth-order valence-electron chi connectivity index (χ4n) is 5.12. The highest BCUT2D eigenvalue weighted by molar-refractivity contribution is 5.94. The van der Waals surface area contributed by atoms with Gasteiger partial charge in [0.15, 0.2) is 0 Å². The van der Waals surface area contributed by atoms with Crippen molar-refractivity contribution in [3.63, 3.8) is 0 Å². The van der Waals surface area contributed by atoms with E-state index in [1.807, 2.05) is 23.1 Å². The number of halogens is 1. The van der Waals surface area contributed by atoms with Crippen LogP contribution < -0.4 is 9.47 Å². The van der Waals surface area contributed by atoms with Gasteiger partial charge >= 0.3 is 0 Å². The quantitative estimate of drug-likeness (QED) is 0.810. The van der Waals surface area contributed by atoms with Crippen LogP contribution in [-0.2, 0) is 0 Å². The summed E-state index contributed by atoms with van der Waals surface area (Å²) in [4.78, 5) is 15.3. The Balaban J connectivity index is 1.79. The molecule has 5 nitrogen and oxygen atoms in total. The summed E-state index contributed by atoms with van der Waals surface area (Å²) >= 11 is 0. The van der Waals surface area contributed by atoms with Crippen molar-refractivity contribution in [3.05, 3.63) is 59.4 Å². The fraction of sp³-hybridized carbons (Fsp3) is 0.458. The second kappa shape index (κ2) is 8.26. The molecule has 0 aromatic heterocycles. The summed E-state index contributed by atoms with van der Waals surface area (Å²) < 4.78 is 24.4. The Labute approximate surface area is 176 Å².